The van der Waals surface area contributed by atoms with Crippen molar-refractivity contribution in [3.05, 3.63) is 0 Å². The molecule has 1 aliphatic rings. The van der Waals surface area contributed by atoms with Gasteiger partial charge in [-0.15, -0.1) is 0 Å². The Morgan fingerprint density at radius 3 is 1.88 bits per heavy atom. The minimum atomic E-state index is -1.01. The van der Waals surface area contributed by atoms with Gasteiger partial charge in [-0.25, -0.2) is 0 Å². The highest BCUT2D eigenvalue weighted by Gasteiger charge is 2.46. The summed E-state index contributed by atoms with van der Waals surface area (Å²) in [5, 5.41) is 0. The average Bonchev–Trinajstić information content (AvgIpc) is 2.42. The van der Waals surface area contributed by atoms with Crippen LogP contribution in [0.1, 0.15) is 34.1 Å². The summed E-state index contributed by atoms with van der Waals surface area (Å²) in [5.74, 6) is -2.26. The van der Waals surface area contributed by atoms with Gasteiger partial charge < -0.3 is 23.7 Å². The van der Waals surface area contributed by atoms with Crippen molar-refractivity contribution in [1.82, 2.24) is 0 Å². The first-order chi connectivity index (χ1) is 11.2. The van der Waals surface area contributed by atoms with E-state index in [2.05, 4.69) is 0 Å². The zero-order valence-corrected chi connectivity index (χ0v) is 14.1. The molecule has 0 N–H and O–H groups in total. The van der Waals surface area contributed by atoms with Crippen molar-refractivity contribution in [3.63, 3.8) is 0 Å². The van der Waals surface area contributed by atoms with Crippen LogP contribution in [0.4, 0.5) is 0 Å². The Kier molecular flexibility index (Phi) is 7.63. The quantitative estimate of drug-likeness (QED) is 0.489. The number of esters is 4. The Morgan fingerprint density at radius 1 is 0.833 bits per heavy atom. The Balaban J connectivity index is 2.92. The second-order valence-electron chi connectivity index (χ2n) is 5.30. The monoisotopic (exact) mass is 346 g/mol. The van der Waals surface area contributed by atoms with Crippen LogP contribution in [0.2, 0.25) is 0 Å². The first-order valence-corrected chi connectivity index (χ1v) is 7.47. The highest BCUT2D eigenvalue weighted by Crippen LogP contribution is 2.26. The van der Waals surface area contributed by atoms with Crippen LogP contribution in [-0.4, -0.2) is 61.5 Å². The van der Waals surface area contributed by atoms with Gasteiger partial charge in [-0.1, -0.05) is 0 Å². The summed E-state index contributed by atoms with van der Waals surface area (Å²) in [4.78, 5) is 44.8. The molecule has 1 heterocycles. The lowest BCUT2D eigenvalue weighted by atomic mass is 9.97. The summed E-state index contributed by atoms with van der Waals surface area (Å²) in [6, 6.07) is 0. The van der Waals surface area contributed by atoms with E-state index in [1.807, 2.05) is 0 Å². The van der Waals surface area contributed by atoms with Gasteiger partial charge >= 0.3 is 23.9 Å². The molecule has 1 rings (SSSR count). The summed E-state index contributed by atoms with van der Waals surface area (Å²) in [6.07, 6.45) is -3.35. The van der Waals surface area contributed by atoms with Gasteiger partial charge in [-0.3, -0.25) is 19.2 Å². The van der Waals surface area contributed by atoms with Crippen molar-refractivity contribution in [3.8, 4) is 0 Å². The molecule has 0 amide bonds. The van der Waals surface area contributed by atoms with E-state index in [-0.39, 0.29) is 19.6 Å². The highest BCUT2D eigenvalue weighted by atomic mass is 16.6. The Labute approximate surface area is 139 Å². The normalized spacial score (nSPS) is 26.2. The van der Waals surface area contributed by atoms with Crippen molar-refractivity contribution < 1.29 is 42.9 Å². The van der Waals surface area contributed by atoms with E-state index in [9.17, 15) is 19.2 Å². The molecule has 4 atom stereocenters. The van der Waals surface area contributed by atoms with Gasteiger partial charge in [0.15, 0.2) is 18.3 Å². The molecule has 0 spiro atoms. The topological polar surface area (TPSA) is 114 Å². The maximum absolute atomic E-state index is 11.4. The van der Waals surface area contributed by atoms with Crippen LogP contribution < -0.4 is 0 Å². The van der Waals surface area contributed by atoms with E-state index in [0.29, 0.717) is 0 Å². The summed E-state index contributed by atoms with van der Waals surface area (Å²) in [7, 11) is 0. The smallest absolute Gasteiger partial charge is 0.303 e. The maximum Gasteiger partial charge on any atom is 0.303 e. The second-order valence-corrected chi connectivity index (χ2v) is 5.30. The number of carbonyl (C=O) groups is 4. The largest absolute Gasteiger partial charge is 0.466 e. The molecule has 9 heteroatoms. The average molecular weight is 346 g/mol. The lowest BCUT2D eigenvalue weighted by molar-refractivity contribution is -0.227. The first kappa shape index (κ1) is 19.9. The molecular formula is C15H22O9. The predicted octanol–water partition coefficient (Wildman–Crippen LogP) is 0.134. The summed E-state index contributed by atoms with van der Waals surface area (Å²) in [5.41, 5.74) is 0. The van der Waals surface area contributed by atoms with Crippen LogP contribution in [0, 0.1) is 0 Å². The van der Waals surface area contributed by atoms with E-state index in [4.69, 9.17) is 23.7 Å². The van der Waals surface area contributed by atoms with Gasteiger partial charge in [-0.2, -0.15) is 0 Å². The third-order valence-corrected chi connectivity index (χ3v) is 3.16. The van der Waals surface area contributed by atoms with E-state index in [0.717, 1.165) is 0 Å². The fourth-order valence-corrected chi connectivity index (χ4v) is 2.38. The number of hydrogen-bond acceptors (Lipinski definition) is 9. The van der Waals surface area contributed by atoms with Crippen LogP contribution in [0.15, 0.2) is 0 Å². The van der Waals surface area contributed by atoms with Gasteiger partial charge in [0.2, 0.25) is 0 Å². The number of carbonyl (C=O) groups excluding carboxylic acids is 4. The number of ether oxygens (including phenoxy) is 5. The van der Waals surface area contributed by atoms with Crippen LogP contribution >= 0.6 is 0 Å². The summed E-state index contributed by atoms with van der Waals surface area (Å²) < 4.78 is 25.9. The molecule has 0 aromatic heterocycles. The summed E-state index contributed by atoms with van der Waals surface area (Å²) >= 11 is 0. The third kappa shape index (κ3) is 6.53. The molecule has 0 bridgehead atoms. The van der Waals surface area contributed by atoms with E-state index in [1.54, 1.807) is 0 Å². The van der Waals surface area contributed by atoms with Gasteiger partial charge in [0.05, 0.1) is 13.2 Å². The van der Waals surface area contributed by atoms with Crippen molar-refractivity contribution in [2.24, 2.45) is 0 Å². The van der Waals surface area contributed by atoms with E-state index < -0.39 is 48.3 Å². The van der Waals surface area contributed by atoms with Crippen LogP contribution in [0.5, 0.6) is 0 Å². The fraction of sp³-hybridized carbons (Fsp3) is 0.733. The summed E-state index contributed by atoms with van der Waals surface area (Å²) in [6.45, 7) is 4.87. The molecule has 9 nitrogen and oxygen atoms in total. The zero-order chi connectivity index (χ0) is 18.3. The first-order valence-electron chi connectivity index (χ1n) is 7.47. The van der Waals surface area contributed by atoms with Crippen molar-refractivity contribution in [2.45, 2.75) is 58.5 Å². The highest BCUT2D eigenvalue weighted by molar-refractivity contribution is 5.68. The van der Waals surface area contributed by atoms with E-state index >= 15 is 0 Å². The molecule has 1 saturated heterocycles. The second kappa shape index (κ2) is 9.21. The predicted molar refractivity (Wildman–Crippen MR) is 77.7 cm³/mol. The molecule has 1 fully saturated rings. The van der Waals surface area contributed by atoms with Gasteiger partial charge in [0, 0.05) is 34.1 Å². The van der Waals surface area contributed by atoms with Gasteiger partial charge in [0.25, 0.3) is 0 Å². The Bertz CT molecular complexity index is 487. The molecule has 0 radical (unpaired) electrons. The Hall–Kier alpha value is -2.16. The molecule has 0 aromatic carbocycles. The van der Waals surface area contributed by atoms with E-state index in [1.165, 1.54) is 27.7 Å². The maximum atomic E-state index is 11.4. The standard InChI is InChI=1S/C15H22O9/c1-8(16)20-6-5-12-14(23-10(3)18)15(24-11(4)19)13(7-21-12)22-9(2)17/h12-15H,5-7H2,1-4H3/t12-,13+,14-,15-/m1/s1. The van der Waals surface area contributed by atoms with Gasteiger partial charge in [0.1, 0.15) is 6.10 Å². The lowest BCUT2D eigenvalue weighted by Crippen LogP contribution is -2.57. The molecule has 0 unspecified atom stereocenters. The zero-order valence-electron chi connectivity index (χ0n) is 14.1. The molecule has 136 valence electrons. The third-order valence-electron chi connectivity index (χ3n) is 3.16. The van der Waals surface area contributed by atoms with Crippen molar-refractivity contribution in [1.29, 1.82) is 0 Å². The SMILES string of the molecule is CC(=O)OCC[C@H]1OC[C@H](OC(C)=O)[C@@H](OC(C)=O)[C@@H]1OC(C)=O. The van der Waals surface area contributed by atoms with Crippen molar-refractivity contribution >= 4 is 23.9 Å². The van der Waals surface area contributed by atoms with Crippen molar-refractivity contribution in [2.75, 3.05) is 13.2 Å². The lowest BCUT2D eigenvalue weighted by Gasteiger charge is -2.40. The van der Waals surface area contributed by atoms with Crippen LogP contribution in [0.3, 0.4) is 0 Å². The minimum absolute atomic E-state index is 0.0416. The molecule has 24 heavy (non-hydrogen) atoms. The minimum Gasteiger partial charge on any atom is -0.466 e. The molecular weight excluding hydrogens is 324 g/mol. The number of hydrogen-bond donors (Lipinski definition) is 0. The molecule has 0 aliphatic carbocycles. The number of rotatable bonds is 6. The molecule has 1 aliphatic heterocycles. The van der Waals surface area contributed by atoms with Crippen LogP contribution in [-0.2, 0) is 42.9 Å². The van der Waals surface area contributed by atoms with Crippen LogP contribution in [0.25, 0.3) is 0 Å². The fourth-order valence-electron chi connectivity index (χ4n) is 2.38. The molecule has 0 saturated carbocycles. The molecule has 0 aromatic rings. The van der Waals surface area contributed by atoms with Gasteiger partial charge in [-0.05, 0) is 0 Å². The Morgan fingerprint density at radius 2 is 1.38 bits per heavy atom.